The van der Waals surface area contributed by atoms with Crippen molar-refractivity contribution in [3.8, 4) is 5.75 Å². The SMILES string of the molecule is CC(=O)Oc1cccc(C(=O)Nc2ccccc2CNC(=O)c2ccc(N(C)C)cc2)c1. The highest BCUT2D eigenvalue weighted by Gasteiger charge is 2.12. The molecule has 0 heterocycles. The van der Waals surface area contributed by atoms with E-state index < -0.39 is 5.97 Å². The monoisotopic (exact) mass is 431 g/mol. The predicted molar refractivity (Wildman–Crippen MR) is 124 cm³/mol. The fourth-order valence-electron chi connectivity index (χ4n) is 3.05. The standard InChI is InChI=1S/C25H25N3O4/c1-17(29)32-22-9-6-8-19(15-22)25(31)27-23-10-5-4-7-20(23)16-26-24(30)18-11-13-21(14-12-18)28(2)3/h4-15H,16H2,1-3H3,(H,26,30)(H,27,31). The Morgan fingerprint density at radius 1 is 0.844 bits per heavy atom. The maximum Gasteiger partial charge on any atom is 0.308 e. The normalized spacial score (nSPS) is 10.2. The molecule has 2 amide bonds. The van der Waals surface area contributed by atoms with Crippen molar-refractivity contribution in [2.45, 2.75) is 13.5 Å². The first-order valence-corrected chi connectivity index (χ1v) is 10.1. The minimum Gasteiger partial charge on any atom is -0.427 e. The first-order valence-electron chi connectivity index (χ1n) is 10.1. The van der Waals surface area contributed by atoms with Crippen molar-refractivity contribution in [2.75, 3.05) is 24.3 Å². The second-order valence-corrected chi connectivity index (χ2v) is 7.36. The summed E-state index contributed by atoms with van der Waals surface area (Å²) in [6.45, 7) is 1.55. The van der Waals surface area contributed by atoms with E-state index >= 15 is 0 Å². The zero-order valence-electron chi connectivity index (χ0n) is 18.2. The Kier molecular flexibility index (Phi) is 7.23. The fourth-order valence-corrected chi connectivity index (χ4v) is 3.05. The summed E-state index contributed by atoms with van der Waals surface area (Å²) >= 11 is 0. The first-order chi connectivity index (χ1) is 15.3. The summed E-state index contributed by atoms with van der Waals surface area (Å²) in [5.74, 6) is -0.714. The number of carbonyl (C=O) groups excluding carboxylic acids is 3. The molecular formula is C25H25N3O4. The van der Waals surface area contributed by atoms with Crippen LogP contribution in [0, 0.1) is 0 Å². The second-order valence-electron chi connectivity index (χ2n) is 7.36. The average Bonchev–Trinajstić information content (AvgIpc) is 2.78. The molecule has 32 heavy (non-hydrogen) atoms. The molecule has 7 heteroatoms. The van der Waals surface area contributed by atoms with Crippen LogP contribution in [0.25, 0.3) is 0 Å². The number of rotatable bonds is 7. The molecule has 0 fully saturated rings. The van der Waals surface area contributed by atoms with E-state index in [1.807, 2.05) is 43.3 Å². The number of nitrogens with zero attached hydrogens (tertiary/aromatic N) is 1. The molecule has 0 radical (unpaired) electrons. The summed E-state index contributed by atoms with van der Waals surface area (Å²) in [5.41, 5.74) is 3.25. The molecule has 0 saturated heterocycles. The Hall–Kier alpha value is -4.13. The highest BCUT2D eigenvalue weighted by atomic mass is 16.5. The molecule has 0 aromatic heterocycles. The van der Waals surface area contributed by atoms with Crippen LogP contribution in [0.4, 0.5) is 11.4 Å². The summed E-state index contributed by atoms with van der Waals surface area (Å²) in [6.07, 6.45) is 0. The molecule has 3 aromatic rings. The van der Waals surface area contributed by atoms with Gasteiger partial charge in [0, 0.05) is 50.1 Å². The van der Waals surface area contributed by atoms with Crippen LogP contribution in [0.1, 0.15) is 33.2 Å². The zero-order chi connectivity index (χ0) is 23.1. The molecule has 0 atom stereocenters. The van der Waals surface area contributed by atoms with Gasteiger partial charge in [0.25, 0.3) is 11.8 Å². The topological polar surface area (TPSA) is 87.7 Å². The third-order valence-electron chi connectivity index (χ3n) is 4.71. The van der Waals surface area contributed by atoms with Crippen molar-refractivity contribution in [1.29, 1.82) is 0 Å². The van der Waals surface area contributed by atoms with Crippen LogP contribution in [-0.4, -0.2) is 31.9 Å². The molecule has 164 valence electrons. The molecule has 3 aromatic carbocycles. The van der Waals surface area contributed by atoms with Gasteiger partial charge in [0.2, 0.25) is 0 Å². The Bertz CT molecular complexity index is 1120. The quantitative estimate of drug-likeness (QED) is 0.438. The van der Waals surface area contributed by atoms with Gasteiger partial charge < -0.3 is 20.3 Å². The smallest absolute Gasteiger partial charge is 0.308 e. The summed E-state index contributed by atoms with van der Waals surface area (Å²) in [6, 6.07) is 20.9. The number of carbonyl (C=O) groups is 3. The lowest BCUT2D eigenvalue weighted by molar-refractivity contribution is -0.131. The Morgan fingerprint density at radius 3 is 2.25 bits per heavy atom. The summed E-state index contributed by atoms with van der Waals surface area (Å²) in [4.78, 5) is 38.3. The van der Waals surface area contributed by atoms with E-state index in [2.05, 4.69) is 10.6 Å². The van der Waals surface area contributed by atoms with Crippen LogP contribution in [0.3, 0.4) is 0 Å². The first kappa shape index (κ1) is 22.6. The van der Waals surface area contributed by atoms with Crippen LogP contribution in [0.15, 0.2) is 72.8 Å². The third-order valence-corrected chi connectivity index (χ3v) is 4.71. The van der Waals surface area contributed by atoms with E-state index in [0.717, 1.165) is 11.3 Å². The highest BCUT2D eigenvalue weighted by Crippen LogP contribution is 2.19. The number of ether oxygens (including phenoxy) is 1. The number of esters is 1. The maximum atomic E-state index is 12.7. The number of hydrogen-bond donors (Lipinski definition) is 2. The molecule has 0 bridgehead atoms. The molecule has 3 rings (SSSR count). The molecule has 2 N–H and O–H groups in total. The molecule has 0 aliphatic heterocycles. The van der Waals surface area contributed by atoms with Gasteiger partial charge in [0.1, 0.15) is 5.75 Å². The van der Waals surface area contributed by atoms with Gasteiger partial charge in [-0.25, -0.2) is 0 Å². The Morgan fingerprint density at radius 2 is 1.56 bits per heavy atom. The van der Waals surface area contributed by atoms with Crippen LogP contribution in [0.2, 0.25) is 0 Å². The van der Waals surface area contributed by atoms with E-state index in [-0.39, 0.29) is 18.4 Å². The summed E-state index contributed by atoms with van der Waals surface area (Å²) in [7, 11) is 3.87. The molecule has 0 aliphatic rings. The minimum absolute atomic E-state index is 0.203. The van der Waals surface area contributed by atoms with E-state index in [9.17, 15) is 14.4 Å². The molecule has 0 saturated carbocycles. The molecule has 7 nitrogen and oxygen atoms in total. The molecule has 0 spiro atoms. The lowest BCUT2D eigenvalue weighted by Gasteiger charge is -2.14. The van der Waals surface area contributed by atoms with Crippen molar-refractivity contribution >= 4 is 29.2 Å². The van der Waals surface area contributed by atoms with Crippen molar-refractivity contribution in [3.05, 3.63) is 89.5 Å². The highest BCUT2D eigenvalue weighted by molar-refractivity contribution is 6.05. The van der Waals surface area contributed by atoms with Crippen LogP contribution >= 0.6 is 0 Å². The number of amides is 2. The van der Waals surface area contributed by atoms with Gasteiger partial charge in [-0.15, -0.1) is 0 Å². The number of anilines is 2. The zero-order valence-corrected chi connectivity index (χ0v) is 18.2. The van der Waals surface area contributed by atoms with Crippen molar-refractivity contribution in [3.63, 3.8) is 0 Å². The van der Waals surface area contributed by atoms with Gasteiger partial charge in [-0.05, 0) is 54.1 Å². The van der Waals surface area contributed by atoms with Gasteiger partial charge in [0.15, 0.2) is 0 Å². The van der Waals surface area contributed by atoms with Crippen LogP contribution < -0.4 is 20.3 Å². The van der Waals surface area contributed by atoms with Crippen LogP contribution in [-0.2, 0) is 11.3 Å². The average molecular weight is 431 g/mol. The van der Waals surface area contributed by atoms with Crippen molar-refractivity contribution in [1.82, 2.24) is 5.32 Å². The van der Waals surface area contributed by atoms with Gasteiger partial charge >= 0.3 is 5.97 Å². The van der Waals surface area contributed by atoms with Crippen molar-refractivity contribution < 1.29 is 19.1 Å². The number of benzene rings is 3. The number of hydrogen-bond acceptors (Lipinski definition) is 5. The fraction of sp³-hybridized carbons (Fsp3) is 0.160. The summed E-state index contributed by atoms with van der Waals surface area (Å²) in [5, 5.41) is 5.74. The summed E-state index contributed by atoms with van der Waals surface area (Å²) < 4.78 is 5.04. The van der Waals surface area contributed by atoms with E-state index in [0.29, 0.717) is 22.6 Å². The number of nitrogens with one attached hydrogen (secondary N) is 2. The van der Waals surface area contributed by atoms with Crippen molar-refractivity contribution in [2.24, 2.45) is 0 Å². The van der Waals surface area contributed by atoms with Gasteiger partial charge in [0.05, 0.1) is 0 Å². The van der Waals surface area contributed by atoms with Gasteiger partial charge in [-0.2, -0.15) is 0 Å². The molecular weight excluding hydrogens is 406 g/mol. The third kappa shape index (κ3) is 5.95. The van der Waals surface area contributed by atoms with E-state index in [1.54, 1.807) is 42.5 Å². The largest absolute Gasteiger partial charge is 0.427 e. The number of para-hydroxylation sites is 1. The lowest BCUT2D eigenvalue weighted by Crippen LogP contribution is -2.24. The van der Waals surface area contributed by atoms with Gasteiger partial charge in [-0.3, -0.25) is 14.4 Å². The Balaban J connectivity index is 1.67. The van der Waals surface area contributed by atoms with E-state index in [4.69, 9.17) is 4.74 Å². The second kappa shape index (κ2) is 10.3. The molecule has 0 aliphatic carbocycles. The van der Waals surface area contributed by atoms with Crippen LogP contribution in [0.5, 0.6) is 5.75 Å². The minimum atomic E-state index is -0.458. The molecule has 0 unspecified atom stereocenters. The predicted octanol–water partition coefficient (Wildman–Crippen LogP) is 3.86. The van der Waals surface area contributed by atoms with Gasteiger partial charge in [-0.1, -0.05) is 24.3 Å². The lowest BCUT2D eigenvalue weighted by atomic mass is 10.1. The Labute approximate surface area is 187 Å². The maximum absolute atomic E-state index is 12.7. The van der Waals surface area contributed by atoms with E-state index in [1.165, 1.54) is 13.0 Å².